The van der Waals surface area contributed by atoms with Crippen LogP contribution in [0.5, 0.6) is 0 Å². The first-order valence-electron chi connectivity index (χ1n) is 5.91. The van der Waals surface area contributed by atoms with Gasteiger partial charge >= 0.3 is 0 Å². The molecule has 1 heterocycles. The fraction of sp³-hybridized carbons (Fsp3) is 0.250. The lowest BCUT2D eigenvalue weighted by molar-refractivity contribution is 0.102. The normalized spacial score (nSPS) is 10.4. The summed E-state index contributed by atoms with van der Waals surface area (Å²) >= 11 is 0. The molecule has 1 aromatic heterocycles. The number of aromatic nitrogens is 3. The molecule has 0 unspecified atom stereocenters. The smallest absolute Gasteiger partial charge is 0.258 e. The molecular formula is C12H13F2N5O. The van der Waals surface area contributed by atoms with Crippen molar-refractivity contribution in [1.82, 2.24) is 14.8 Å². The van der Waals surface area contributed by atoms with Gasteiger partial charge in [-0.2, -0.15) is 10.1 Å². The number of amides is 1. The number of benzene rings is 1. The fourth-order valence-electron chi connectivity index (χ4n) is 1.63. The van der Waals surface area contributed by atoms with Gasteiger partial charge < -0.3 is 5.32 Å². The van der Waals surface area contributed by atoms with Gasteiger partial charge in [-0.15, -0.1) is 0 Å². The summed E-state index contributed by atoms with van der Waals surface area (Å²) in [6, 6.07) is 1.93. The highest BCUT2D eigenvalue weighted by Crippen LogP contribution is 2.21. The monoisotopic (exact) mass is 281 g/mol. The van der Waals surface area contributed by atoms with E-state index in [4.69, 9.17) is 0 Å². The number of nitrogens with one attached hydrogen (secondary N) is 2. The first-order chi connectivity index (χ1) is 9.52. The Morgan fingerprint density at radius 1 is 1.35 bits per heavy atom. The van der Waals surface area contributed by atoms with Crippen LogP contribution >= 0.6 is 0 Å². The number of carbonyl (C=O) groups excluding carboxylic acids is 1. The molecule has 0 aliphatic rings. The van der Waals surface area contributed by atoms with Gasteiger partial charge in [0, 0.05) is 19.2 Å². The molecule has 0 saturated heterocycles. The summed E-state index contributed by atoms with van der Waals surface area (Å²) in [5.74, 6) is -2.13. The van der Waals surface area contributed by atoms with E-state index in [1.54, 1.807) is 14.0 Å². The quantitative estimate of drug-likeness (QED) is 0.896. The maximum absolute atomic E-state index is 13.7. The van der Waals surface area contributed by atoms with E-state index in [9.17, 15) is 13.6 Å². The Kier molecular flexibility index (Phi) is 3.92. The molecule has 0 atom stereocenters. The molecule has 0 aliphatic carbocycles. The van der Waals surface area contributed by atoms with E-state index in [-0.39, 0.29) is 17.2 Å². The van der Waals surface area contributed by atoms with Gasteiger partial charge in [0.1, 0.15) is 23.6 Å². The second kappa shape index (κ2) is 5.64. The van der Waals surface area contributed by atoms with Gasteiger partial charge in [-0.05, 0) is 19.1 Å². The fourth-order valence-corrected chi connectivity index (χ4v) is 1.63. The van der Waals surface area contributed by atoms with E-state index in [0.29, 0.717) is 6.54 Å². The zero-order valence-corrected chi connectivity index (χ0v) is 10.9. The van der Waals surface area contributed by atoms with Gasteiger partial charge in [0.15, 0.2) is 0 Å². The summed E-state index contributed by atoms with van der Waals surface area (Å²) in [7, 11) is 1.58. The lowest BCUT2D eigenvalue weighted by Gasteiger charge is -2.09. The minimum Gasteiger partial charge on any atom is -0.381 e. The van der Waals surface area contributed by atoms with Crippen LogP contribution in [0.2, 0.25) is 0 Å². The van der Waals surface area contributed by atoms with Crippen LogP contribution in [0.1, 0.15) is 17.3 Å². The molecule has 1 amide bonds. The number of aryl methyl sites for hydroxylation is 1. The number of nitrogens with zero attached hydrogens (tertiary/aromatic N) is 3. The highest BCUT2D eigenvalue weighted by Gasteiger charge is 2.16. The molecule has 2 rings (SSSR count). The molecular weight excluding hydrogens is 268 g/mol. The van der Waals surface area contributed by atoms with Crippen molar-refractivity contribution in [1.29, 1.82) is 0 Å². The third kappa shape index (κ3) is 2.73. The van der Waals surface area contributed by atoms with Gasteiger partial charge in [0.2, 0.25) is 5.95 Å². The molecule has 2 aromatic rings. The molecule has 8 heteroatoms. The summed E-state index contributed by atoms with van der Waals surface area (Å²) in [6.07, 6.45) is 1.26. The second-order valence-electron chi connectivity index (χ2n) is 4.01. The van der Waals surface area contributed by atoms with Crippen molar-refractivity contribution in [3.63, 3.8) is 0 Å². The largest absolute Gasteiger partial charge is 0.381 e. The Balaban J connectivity index is 2.25. The molecule has 0 fully saturated rings. The lowest BCUT2D eigenvalue weighted by Crippen LogP contribution is -2.16. The molecule has 2 N–H and O–H groups in total. The van der Waals surface area contributed by atoms with Crippen molar-refractivity contribution in [2.75, 3.05) is 17.2 Å². The van der Waals surface area contributed by atoms with E-state index in [1.165, 1.54) is 11.0 Å². The van der Waals surface area contributed by atoms with E-state index in [2.05, 4.69) is 20.7 Å². The maximum Gasteiger partial charge on any atom is 0.258 e. The van der Waals surface area contributed by atoms with Crippen LogP contribution in [0, 0.1) is 11.6 Å². The molecule has 0 spiro atoms. The Morgan fingerprint density at radius 3 is 2.50 bits per heavy atom. The van der Waals surface area contributed by atoms with Crippen LogP contribution in [0.15, 0.2) is 18.5 Å². The van der Waals surface area contributed by atoms with Crippen molar-refractivity contribution in [2.45, 2.75) is 6.92 Å². The Labute approximate surface area is 113 Å². The summed E-state index contributed by atoms with van der Waals surface area (Å²) < 4.78 is 28.7. The van der Waals surface area contributed by atoms with E-state index >= 15 is 0 Å². The van der Waals surface area contributed by atoms with Crippen LogP contribution < -0.4 is 10.6 Å². The third-order valence-corrected chi connectivity index (χ3v) is 2.59. The molecule has 20 heavy (non-hydrogen) atoms. The zero-order chi connectivity index (χ0) is 14.7. The number of rotatable bonds is 4. The van der Waals surface area contributed by atoms with Crippen LogP contribution in [0.4, 0.5) is 20.4 Å². The first-order valence-corrected chi connectivity index (χ1v) is 5.91. The van der Waals surface area contributed by atoms with Crippen LogP contribution in [-0.2, 0) is 7.05 Å². The van der Waals surface area contributed by atoms with Crippen molar-refractivity contribution < 1.29 is 13.6 Å². The van der Waals surface area contributed by atoms with Gasteiger partial charge in [-0.25, -0.2) is 13.5 Å². The minimum atomic E-state index is -0.824. The number of hydrogen-bond acceptors (Lipinski definition) is 4. The number of hydrogen-bond donors (Lipinski definition) is 2. The maximum atomic E-state index is 13.7. The summed E-state index contributed by atoms with van der Waals surface area (Å²) in [5, 5.41) is 8.74. The average molecular weight is 281 g/mol. The molecule has 0 saturated carbocycles. The molecule has 0 bridgehead atoms. The highest BCUT2D eigenvalue weighted by molar-refractivity contribution is 6.03. The minimum absolute atomic E-state index is 0.135. The topological polar surface area (TPSA) is 71.8 Å². The summed E-state index contributed by atoms with van der Waals surface area (Å²) in [5.41, 5.74) is -0.382. The van der Waals surface area contributed by atoms with E-state index in [1.807, 2.05) is 0 Å². The van der Waals surface area contributed by atoms with Crippen molar-refractivity contribution in [2.24, 2.45) is 7.05 Å². The second-order valence-corrected chi connectivity index (χ2v) is 4.01. The van der Waals surface area contributed by atoms with Crippen LogP contribution in [0.25, 0.3) is 0 Å². The lowest BCUT2D eigenvalue weighted by atomic mass is 10.1. The molecule has 6 nitrogen and oxygen atoms in total. The molecule has 106 valence electrons. The van der Waals surface area contributed by atoms with Crippen molar-refractivity contribution >= 4 is 17.5 Å². The molecule has 1 aromatic carbocycles. The van der Waals surface area contributed by atoms with Gasteiger partial charge in [-0.1, -0.05) is 0 Å². The number of anilines is 2. The van der Waals surface area contributed by atoms with Crippen molar-refractivity contribution in [3.05, 3.63) is 35.7 Å². The Morgan fingerprint density at radius 2 is 2.00 bits per heavy atom. The zero-order valence-electron chi connectivity index (χ0n) is 10.9. The Hall–Kier alpha value is -2.51. The first kappa shape index (κ1) is 13.9. The summed E-state index contributed by atoms with van der Waals surface area (Å²) in [6.45, 7) is 2.09. The van der Waals surface area contributed by atoms with E-state index in [0.717, 1.165) is 12.1 Å². The molecule has 0 aliphatic heterocycles. The number of halogens is 2. The molecule has 0 radical (unpaired) electrons. The van der Waals surface area contributed by atoms with E-state index < -0.39 is 17.5 Å². The highest BCUT2D eigenvalue weighted by atomic mass is 19.1. The average Bonchev–Trinajstić information content (AvgIpc) is 2.79. The SMILES string of the molecule is CCNc1c(F)cc(C(=O)Nc2ncnn2C)cc1F. The predicted molar refractivity (Wildman–Crippen MR) is 69.5 cm³/mol. The summed E-state index contributed by atoms with van der Waals surface area (Å²) in [4.78, 5) is 15.7. The third-order valence-electron chi connectivity index (χ3n) is 2.59. The van der Waals surface area contributed by atoms with Crippen LogP contribution in [-0.4, -0.2) is 27.2 Å². The van der Waals surface area contributed by atoms with Gasteiger partial charge in [0.25, 0.3) is 5.91 Å². The Bertz CT molecular complexity index is 618. The number of carbonyl (C=O) groups is 1. The van der Waals surface area contributed by atoms with Gasteiger partial charge in [0.05, 0.1) is 0 Å². The van der Waals surface area contributed by atoms with Crippen molar-refractivity contribution in [3.8, 4) is 0 Å². The van der Waals surface area contributed by atoms with Gasteiger partial charge in [-0.3, -0.25) is 10.1 Å². The van der Waals surface area contributed by atoms with Crippen LogP contribution in [0.3, 0.4) is 0 Å². The predicted octanol–water partition coefficient (Wildman–Crippen LogP) is 1.78. The standard InChI is InChI=1S/C12H13F2N5O/c1-3-15-10-8(13)4-7(5-9(10)14)11(20)18-12-16-6-17-19(12)2/h4-6,15H,3H2,1-2H3,(H,16,17,18,20).